The summed E-state index contributed by atoms with van der Waals surface area (Å²) in [4.78, 5) is 2.43. The third-order valence-electron chi connectivity index (χ3n) is 11.6. The number of nitrogens with zero attached hydrogens (tertiary/aromatic N) is 2. The smallest absolute Gasteiger partial charge is 0.0720 e. The highest BCUT2D eigenvalue weighted by Crippen LogP contribution is 2.59. The third kappa shape index (κ3) is 4.68. The first-order chi connectivity index (χ1) is 27.3. The molecule has 0 saturated carbocycles. The molecule has 55 heavy (non-hydrogen) atoms. The van der Waals surface area contributed by atoms with Crippen LogP contribution in [0.4, 0.5) is 17.1 Å². The van der Waals surface area contributed by atoms with Crippen molar-refractivity contribution in [1.82, 2.24) is 4.57 Å². The summed E-state index contributed by atoms with van der Waals surface area (Å²) in [6.45, 7) is 0. The average Bonchev–Trinajstić information content (AvgIpc) is 3.76. The van der Waals surface area contributed by atoms with E-state index in [1.807, 2.05) is 0 Å². The second kappa shape index (κ2) is 12.5. The van der Waals surface area contributed by atoms with Gasteiger partial charge in [-0.25, -0.2) is 0 Å². The maximum absolute atomic E-state index is 2.47. The fraction of sp³-hybridized carbons (Fsp3) is 0.0189. The maximum Gasteiger partial charge on any atom is 0.0720 e. The van der Waals surface area contributed by atoms with Crippen molar-refractivity contribution >= 4 is 49.6 Å². The Morgan fingerprint density at radius 1 is 0.364 bits per heavy atom. The van der Waals surface area contributed by atoms with Crippen LogP contribution in [0.3, 0.4) is 0 Å². The van der Waals surface area contributed by atoms with E-state index in [1.54, 1.807) is 0 Å². The number of hydrogen-bond donors (Lipinski definition) is 0. The molecule has 1 aliphatic rings. The molecule has 0 fully saturated rings. The molecule has 0 saturated heterocycles. The molecule has 0 atom stereocenters. The Hall–Kier alpha value is -7.16. The van der Waals surface area contributed by atoms with Crippen LogP contribution in [0.1, 0.15) is 22.3 Å². The first-order valence-corrected chi connectivity index (χ1v) is 19.0. The lowest BCUT2D eigenvalue weighted by molar-refractivity contribution is 0.775. The highest BCUT2D eigenvalue weighted by Gasteiger charge is 2.47. The molecule has 2 nitrogen and oxygen atoms in total. The van der Waals surface area contributed by atoms with Crippen molar-refractivity contribution in [2.75, 3.05) is 4.90 Å². The SMILES string of the molecule is c1ccc(N(c2ccc3c(c2)C(c2ccccc2)(c2ccccc2)c2c-3ccc3ccccc23)c2ccc3c(c2)c2ccccc2n3-c2ccccc2)cc1. The maximum atomic E-state index is 2.47. The fourth-order valence-electron chi connectivity index (χ4n) is 9.37. The van der Waals surface area contributed by atoms with Gasteiger partial charge in [0.15, 0.2) is 0 Å². The van der Waals surface area contributed by atoms with E-state index in [2.05, 4.69) is 228 Å². The number of benzene rings is 9. The normalized spacial score (nSPS) is 12.9. The number of anilines is 3. The lowest BCUT2D eigenvalue weighted by Gasteiger charge is -2.35. The molecule has 11 rings (SSSR count). The summed E-state index contributed by atoms with van der Waals surface area (Å²) in [5.41, 5.74) is 14.0. The molecule has 1 heterocycles. The Labute approximate surface area is 320 Å². The van der Waals surface area contributed by atoms with Crippen LogP contribution in [0.15, 0.2) is 218 Å². The molecule has 0 spiro atoms. The van der Waals surface area contributed by atoms with E-state index in [-0.39, 0.29) is 0 Å². The second-order valence-corrected chi connectivity index (χ2v) is 14.5. The van der Waals surface area contributed by atoms with Gasteiger partial charge in [-0.2, -0.15) is 0 Å². The molecule has 0 bridgehead atoms. The van der Waals surface area contributed by atoms with Gasteiger partial charge in [-0.1, -0.05) is 158 Å². The van der Waals surface area contributed by atoms with Crippen LogP contribution in [-0.2, 0) is 5.41 Å². The molecule has 0 unspecified atom stereocenters. The Bertz CT molecular complexity index is 2980. The summed E-state index contributed by atoms with van der Waals surface area (Å²) in [5.74, 6) is 0. The summed E-state index contributed by atoms with van der Waals surface area (Å²) in [6, 6.07) is 80.1. The summed E-state index contributed by atoms with van der Waals surface area (Å²) >= 11 is 0. The first-order valence-electron chi connectivity index (χ1n) is 19.0. The molecule has 258 valence electrons. The minimum atomic E-state index is -0.542. The van der Waals surface area contributed by atoms with Gasteiger partial charge in [-0.15, -0.1) is 0 Å². The second-order valence-electron chi connectivity index (χ2n) is 14.5. The van der Waals surface area contributed by atoms with E-state index in [0.717, 1.165) is 22.7 Å². The van der Waals surface area contributed by atoms with Gasteiger partial charge in [0.1, 0.15) is 0 Å². The zero-order valence-corrected chi connectivity index (χ0v) is 30.2. The average molecular weight is 701 g/mol. The van der Waals surface area contributed by atoms with E-state index < -0.39 is 5.41 Å². The first kappa shape index (κ1) is 31.4. The lowest BCUT2D eigenvalue weighted by atomic mass is 9.66. The van der Waals surface area contributed by atoms with Gasteiger partial charge in [0.05, 0.1) is 16.4 Å². The minimum Gasteiger partial charge on any atom is -0.310 e. The Balaban J connectivity index is 1.20. The monoisotopic (exact) mass is 700 g/mol. The number of rotatable bonds is 6. The zero-order chi connectivity index (χ0) is 36.3. The number of para-hydroxylation sites is 3. The van der Waals surface area contributed by atoms with E-state index in [9.17, 15) is 0 Å². The van der Waals surface area contributed by atoms with Gasteiger partial charge in [0, 0.05) is 33.5 Å². The van der Waals surface area contributed by atoms with Crippen molar-refractivity contribution < 1.29 is 0 Å². The largest absolute Gasteiger partial charge is 0.310 e. The molecule has 2 heteroatoms. The molecule has 0 N–H and O–H groups in total. The minimum absolute atomic E-state index is 0.542. The standard InChI is InChI=1S/C53H36N2/c1-5-18-38(19-6-1)53(39-20-7-2-8-21-39)49-36-43(30-33-45(49)47-32-29-37-17-13-14-26-44(37)52(47)53)54(40-22-9-3-10-23-40)42-31-34-51-48(35-42)46-27-15-16-28-50(46)55(51)41-24-11-4-12-25-41/h1-36H. The summed E-state index contributed by atoms with van der Waals surface area (Å²) in [6.07, 6.45) is 0. The van der Waals surface area contributed by atoms with Crippen LogP contribution in [0, 0.1) is 0 Å². The van der Waals surface area contributed by atoms with Gasteiger partial charge in [-0.05, 0) is 105 Å². The van der Waals surface area contributed by atoms with E-state index in [4.69, 9.17) is 0 Å². The Morgan fingerprint density at radius 3 is 1.64 bits per heavy atom. The van der Waals surface area contributed by atoms with Crippen molar-refractivity contribution in [3.05, 3.63) is 241 Å². The molecule has 10 aromatic rings. The van der Waals surface area contributed by atoms with Crippen LogP contribution < -0.4 is 4.90 Å². The molecular weight excluding hydrogens is 665 g/mol. The lowest BCUT2D eigenvalue weighted by Crippen LogP contribution is -2.29. The molecule has 0 amide bonds. The summed E-state index contributed by atoms with van der Waals surface area (Å²) < 4.78 is 2.38. The molecule has 1 aliphatic carbocycles. The molecule has 0 radical (unpaired) electrons. The summed E-state index contributed by atoms with van der Waals surface area (Å²) in [7, 11) is 0. The van der Waals surface area contributed by atoms with E-state index in [0.29, 0.717) is 0 Å². The highest BCUT2D eigenvalue weighted by atomic mass is 15.1. The number of aromatic nitrogens is 1. The topological polar surface area (TPSA) is 8.17 Å². The molecular formula is C53H36N2. The van der Waals surface area contributed by atoms with Crippen molar-refractivity contribution in [2.45, 2.75) is 5.41 Å². The van der Waals surface area contributed by atoms with Gasteiger partial charge in [0.2, 0.25) is 0 Å². The van der Waals surface area contributed by atoms with Crippen LogP contribution in [0.25, 0.3) is 49.4 Å². The van der Waals surface area contributed by atoms with Crippen molar-refractivity contribution in [3.63, 3.8) is 0 Å². The van der Waals surface area contributed by atoms with Gasteiger partial charge in [-0.3, -0.25) is 0 Å². The van der Waals surface area contributed by atoms with Gasteiger partial charge < -0.3 is 9.47 Å². The predicted octanol–water partition coefficient (Wildman–Crippen LogP) is 13.8. The van der Waals surface area contributed by atoms with Gasteiger partial charge in [0.25, 0.3) is 0 Å². The fourth-order valence-corrected chi connectivity index (χ4v) is 9.37. The quantitative estimate of drug-likeness (QED) is 0.168. The highest BCUT2D eigenvalue weighted by molar-refractivity contribution is 6.11. The van der Waals surface area contributed by atoms with Crippen molar-refractivity contribution in [3.8, 4) is 16.8 Å². The van der Waals surface area contributed by atoms with Crippen molar-refractivity contribution in [2.24, 2.45) is 0 Å². The molecule has 0 aliphatic heterocycles. The van der Waals surface area contributed by atoms with E-state index in [1.165, 1.54) is 66.0 Å². The van der Waals surface area contributed by atoms with Crippen LogP contribution in [0.5, 0.6) is 0 Å². The third-order valence-corrected chi connectivity index (χ3v) is 11.6. The molecule has 1 aromatic heterocycles. The van der Waals surface area contributed by atoms with Gasteiger partial charge >= 0.3 is 0 Å². The molecule has 9 aromatic carbocycles. The van der Waals surface area contributed by atoms with Crippen LogP contribution in [0.2, 0.25) is 0 Å². The predicted molar refractivity (Wildman–Crippen MR) is 230 cm³/mol. The van der Waals surface area contributed by atoms with Crippen molar-refractivity contribution in [1.29, 1.82) is 0 Å². The number of hydrogen-bond acceptors (Lipinski definition) is 1. The zero-order valence-electron chi connectivity index (χ0n) is 30.2. The Kier molecular flexibility index (Phi) is 7.11. The Morgan fingerprint density at radius 2 is 0.909 bits per heavy atom. The van der Waals surface area contributed by atoms with E-state index >= 15 is 0 Å². The summed E-state index contributed by atoms with van der Waals surface area (Å²) in [5, 5.41) is 4.99. The van der Waals surface area contributed by atoms with Crippen LogP contribution >= 0.6 is 0 Å². The van der Waals surface area contributed by atoms with Crippen LogP contribution in [-0.4, -0.2) is 4.57 Å². The number of fused-ring (bicyclic) bond motifs is 8.